The molecule has 2 rings (SSSR count). The van der Waals surface area contributed by atoms with Crippen LogP contribution < -0.4 is 4.74 Å². The largest absolute Gasteiger partial charge is 0.487 e. The molecule has 0 amide bonds. The predicted octanol–water partition coefficient (Wildman–Crippen LogP) is 4.38. The summed E-state index contributed by atoms with van der Waals surface area (Å²) in [5.74, 6) is 0.530. The van der Waals surface area contributed by atoms with Gasteiger partial charge in [0.15, 0.2) is 0 Å². The van der Waals surface area contributed by atoms with Crippen molar-refractivity contribution in [2.75, 3.05) is 0 Å². The van der Waals surface area contributed by atoms with E-state index in [2.05, 4.69) is 0 Å². The van der Waals surface area contributed by atoms with E-state index in [0.29, 0.717) is 28.0 Å². The minimum absolute atomic E-state index is 0.333. The molecule has 0 unspecified atom stereocenters. The molecule has 0 bridgehead atoms. The molecule has 0 aromatic heterocycles. The number of ether oxygens (including phenoxy) is 1. The Morgan fingerprint density at radius 2 is 1.83 bits per heavy atom. The normalized spacial score (nSPS) is 10.1. The maximum atomic E-state index is 10.6. The van der Waals surface area contributed by atoms with Crippen molar-refractivity contribution < 1.29 is 9.53 Å². The van der Waals surface area contributed by atoms with E-state index in [1.807, 2.05) is 18.2 Å². The molecule has 2 aromatic carbocycles. The molecule has 0 heterocycles. The number of carbonyl (C=O) groups excluding carboxylic acids is 1. The van der Waals surface area contributed by atoms with E-state index in [-0.39, 0.29) is 0 Å². The Hall–Kier alpha value is -1.51. The van der Waals surface area contributed by atoms with Gasteiger partial charge in [0.25, 0.3) is 0 Å². The summed E-state index contributed by atoms with van der Waals surface area (Å²) in [7, 11) is 0. The first kappa shape index (κ1) is 12.9. The van der Waals surface area contributed by atoms with Crippen LogP contribution in [-0.4, -0.2) is 6.29 Å². The standard InChI is InChI=1S/C14H10Cl2O2/c15-12-4-2-1-3-11(12)9-18-14-6-5-10(8-17)7-13(14)16/h1-8H,9H2. The quantitative estimate of drug-likeness (QED) is 0.777. The van der Waals surface area contributed by atoms with E-state index in [1.165, 1.54) is 0 Å². The average Bonchev–Trinajstić information content (AvgIpc) is 2.39. The molecule has 2 nitrogen and oxygen atoms in total. The summed E-state index contributed by atoms with van der Waals surface area (Å²) >= 11 is 12.0. The van der Waals surface area contributed by atoms with Gasteiger partial charge in [-0.1, -0.05) is 41.4 Å². The van der Waals surface area contributed by atoms with Crippen LogP contribution in [0.3, 0.4) is 0 Å². The Bertz CT molecular complexity index is 567. The smallest absolute Gasteiger partial charge is 0.150 e. The highest BCUT2D eigenvalue weighted by atomic mass is 35.5. The lowest BCUT2D eigenvalue weighted by atomic mass is 10.2. The fourth-order valence-electron chi connectivity index (χ4n) is 1.48. The molecular formula is C14H10Cl2O2. The van der Waals surface area contributed by atoms with Crippen molar-refractivity contribution in [1.29, 1.82) is 0 Å². The minimum Gasteiger partial charge on any atom is -0.487 e. The number of benzene rings is 2. The monoisotopic (exact) mass is 280 g/mol. The first-order valence-corrected chi connectivity index (χ1v) is 6.07. The lowest BCUT2D eigenvalue weighted by Gasteiger charge is -2.09. The molecular weight excluding hydrogens is 271 g/mol. The third kappa shape index (κ3) is 3.03. The molecule has 0 spiro atoms. The van der Waals surface area contributed by atoms with E-state index < -0.39 is 0 Å². The van der Waals surface area contributed by atoms with Gasteiger partial charge in [-0.25, -0.2) is 0 Å². The first-order valence-electron chi connectivity index (χ1n) is 5.31. The predicted molar refractivity (Wildman–Crippen MR) is 72.6 cm³/mol. The zero-order valence-electron chi connectivity index (χ0n) is 9.40. The van der Waals surface area contributed by atoms with Gasteiger partial charge >= 0.3 is 0 Å². The second-order valence-corrected chi connectivity index (χ2v) is 4.50. The van der Waals surface area contributed by atoms with Gasteiger partial charge in [-0.2, -0.15) is 0 Å². The Labute approximate surface area is 115 Å². The molecule has 0 N–H and O–H groups in total. The summed E-state index contributed by atoms with van der Waals surface area (Å²) < 4.78 is 5.57. The van der Waals surface area contributed by atoms with Crippen LogP contribution in [0.4, 0.5) is 0 Å². The van der Waals surface area contributed by atoms with Crippen LogP contribution in [0.15, 0.2) is 42.5 Å². The average molecular weight is 281 g/mol. The highest BCUT2D eigenvalue weighted by Gasteiger charge is 2.05. The molecule has 0 aliphatic heterocycles. The lowest BCUT2D eigenvalue weighted by Crippen LogP contribution is -1.97. The lowest BCUT2D eigenvalue weighted by molar-refractivity contribution is 0.112. The molecule has 0 saturated heterocycles. The van der Waals surface area contributed by atoms with E-state index in [4.69, 9.17) is 27.9 Å². The summed E-state index contributed by atoms with van der Waals surface area (Å²) in [6, 6.07) is 12.3. The minimum atomic E-state index is 0.333. The molecule has 0 radical (unpaired) electrons. The van der Waals surface area contributed by atoms with Crippen LogP contribution in [0.1, 0.15) is 15.9 Å². The Morgan fingerprint density at radius 3 is 2.50 bits per heavy atom. The van der Waals surface area contributed by atoms with E-state index in [1.54, 1.807) is 24.3 Å². The maximum Gasteiger partial charge on any atom is 0.150 e. The molecule has 0 aliphatic rings. The topological polar surface area (TPSA) is 26.3 Å². The van der Waals surface area contributed by atoms with Gasteiger partial charge < -0.3 is 4.74 Å². The fourth-order valence-corrected chi connectivity index (χ4v) is 1.91. The van der Waals surface area contributed by atoms with Gasteiger partial charge in [0.05, 0.1) is 5.02 Å². The van der Waals surface area contributed by atoms with Gasteiger partial charge in [0.2, 0.25) is 0 Å². The van der Waals surface area contributed by atoms with Crippen LogP contribution in [0.5, 0.6) is 5.75 Å². The maximum absolute atomic E-state index is 10.6. The van der Waals surface area contributed by atoms with Crippen molar-refractivity contribution >= 4 is 29.5 Å². The third-order valence-corrected chi connectivity index (χ3v) is 3.10. The second-order valence-electron chi connectivity index (χ2n) is 3.69. The summed E-state index contributed by atoms with van der Waals surface area (Å²) in [5.41, 5.74) is 1.40. The Balaban J connectivity index is 2.11. The molecule has 2 aromatic rings. The number of rotatable bonds is 4. The summed E-state index contributed by atoms with van der Waals surface area (Å²) in [6.45, 7) is 0.333. The zero-order valence-corrected chi connectivity index (χ0v) is 10.9. The third-order valence-electron chi connectivity index (χ3n) is 2.43. The number of hydrogen-bond donors (Lipinski definition) is 0. The van der Waals surface area contributed by atoms with E-state index in [0.717, 1.165) is 11.8 Å². The summed E-state index contributed by atoms with van der Waals surface area (Å²) in [6.07, 6.45) is 0.740. The van der Waals surface area contributed by atoms with Crippen molar-refractivity contribution in [1.82, 2.24) is 0 Å². The number of halogens is 2. The van der Waals surface area contributed by atoms with Gasteiger partial charge in [-0.05, 0) is 24.3 Å². The van der Waals surface area contributed by atoms with Crippen molar-refractivity contribution in [3.05, 3.63) is 63.6 Å². The highest BCUT2D eigenvalue weighted by molar-refractivity contribution is 6.32. The first-order chi connectivity index (χ1) is 8.70. The molecule has 18 heavy (non-hydrogen) atoms. The van der Waals surface area contributed by atoms with Crippen LogP contribution in [0.25, 0.3) is 0 Å². The molecule has 0 saturated carbocycles. The molecule has 0 atom stereocenters. The Kier molecular flexibility index (Phi) is 4.24. The van der Waals surface area contributed by atoms with Gasteiger partial charge in [0.1, 0.15) is 18.6 Å². The van der Waals surface area contributed by atoms with Gasteiger partial charge in [-0.15, -0.1) is 0 Å². The number of hydrogen-bond acceptors (Lipinski definition) is 2. The zero-order chi connectivity index (χ0) is 13.0. The highest BCUT2D eigenvalue weighted by Crippen LogP contribution is 2.26. The van der Waals surface area contributed by atoms with Crippen LogP contribution in [0.2, 0.25) is 10.0 Å². The van der Waals surface area contributed by atoms with Crippen molar-refractivity contribution in [2.24, 2.45) is 0 Å². The fraction of sp³-hybridized carbons (Fsp3) is 0.0714. The second kappa shape index (κ2) is 5.89. The Morgan fingerprint density at radius 1 is 1.06 bits per heavy atom. The summed E-state index contributed by atoms with van der Waals surface area (Å²) in [5, 5.41) is 1.06. The molecule has 0 aliphatic carbocycles. The molecule has 4 heteroatoms. The number of carbonyl (C=O) groups is 1. The SMILES string of the molecule is O=Cc1ccc(OCc2ccccc2Cl)c(Cl)c1. The number of aldehydes is 1. The van der Waals surface area contributed by atoms with Crippen LogP contribution >= 0.6 is 23.2 Å². The van der Waals surface area contributed by atoms with Crippen molar-refractivity contribution in [2.45, 2.75) is 6.61 Å². The van der Waals surface area contributed by atoms with Crippen LogP contribution in [0, 0.1) is 0 Å². The van der Waals surface area contributed by atoms with Gasteiger partial charge in [0, 0.05) is 16.1 Å². The van der Waals surface area contributed by atoms with E-state index >= 15 is 0 Å². The molecule has 0 fully saturated rings. The van der Waals surface area contributed by atoms with Gasteiger partial charge in [-0.3, -0.25) is 4.79 Å². The van der Waals surface area contributed by atoms with Crippen molar-refractivity contribution in [3.63, 3.8) is 0 Å². The summed E-state index contributed by atoms with van der Waals surface area (Å²) in [4.78, 5) is 10.6. The van der Waals surface area contributed by atoms with E-state index in [9.17, 15) is 4.79 Å². The van der Waals surface area contributed by atoms with Crippen molar-refractivity contribution in [3.8, 4) is 5.75 Å². The molecule has 92 valence electrons. The van der Waals surface area contributed by atoms with Crippen LogP contribution in [-0.2, 0) is 6.61 Å².